The highest BCUT2D eigenvalue weighted by Gasteiger charge is 2.24. The molecule has 0 aromatic carbocycles. The van der Waals surface area contributed by atoms with Crippen molar-refractivity contribution in [2.45, 2.75) is 25.9 Å². The van der Waals surface area contributed by atoms with Gasteiger partial charge in [0.25, 0.3) is 0 Å². The Kier molecular flexibility index (Phi) is 3.24. The summed E-state index contributed by atoms with van der Waals surface area (Å²) in [6.45, 7) is 4.16. The minimum atomic E-state index is -0.538. The second kappa shape index (κ2) is 4.23. The highest BCUT2D eigenvalue weighted by Crippen LogP contribution is 2.01. The summed E-state index contributed by atoms with van der Waals surface area (Å²) in [7, 11) is 1.76. The number of likely N-dealkylation sites (N-methyl/N-ethyl adjacent to an activating group) is 1. The molecule has 1 heterocycles. The Morgan fingerprint density at radius 2 is 2.36 bits per heavy atom. The van der Waals surface area contributed by atoms with E-state index < -0.39 is 5.54 Å². The van der Waals surface area contributed by atoms with Gasteiger partial charge in [0.05, 0.1) is 11.7 Å². The first-order valence-corrected chi connectivity index (χ1v) is 4.51. The van der Waals surface area contributed by atoms with Crippen molar-refractivity contribution in [3.8, 4) is 0 Å². The fourth-order valence-electron chi connectivity index (χ4n) is 0.891. The molecule has 0 atom stereocenters. The lowest BCUT2D eigenvalue weighted by Crippen LogP contribution is -2.50. The van der Waals surface area contributed by atoms with E-state index in [-0.39, 0.29) is 5.91 Å². The molecule has 0 saturated heterocycles. The summed E-state index contributed by atoms with van der Waals surface area (Å²) in [6, 6.07) is 0. The van der Waals surface area contributed by atoms with Crippen LogP contribution in [0.25, 0.3) is 0 Å². The summed E-state index contributed by atoms with van der Waals surface area (Å²) in [5.41, 5.74) is 0.425. The third kappa shape index (κ3) is 2.56. The molecule has 1 rings (SSSR count). The van der Waals surface area contributed by atoms with Crippen LogP contribution in [0.1, 0.15) is 19.4 Å². The number of H-pyrrole nitrogens is 1. The van der Waals surface area contributed by atoms with Crippen molar-refractivity contribution in [1.29, 1.82) is 0 Å². The van der Waals surface area contributed by atoms with Gasteiger partial charge in [-0.05, 0) is 20.9 Å². The van der Waals surface area contributed by atoms with E-state index in [4.69, 9.17) is 0 Å². The van der Waals surface area contributed by atoms with Crippen LogP contribution in [-0.2, 0) is 11.3 Å². The molecular formula is C9H16N4O. The molecule has 1 amide bonds. The Balaban J connectivity index is 2.43. The van der Waals surface area contributed by atoms with E-state index in [1.165, 1.54) is 0 Å². The van der Waals surface area contributed by atoms with Crippen molar-refractivity contribution in [2.75, 3.05) is 7.05 Å². The van der Waals surface area contributed by atoms with E-state index in [0.717, 1.165) is 5.56 Å². The van der Waals surface area contributed by atoms with Crippen molar-refractivity contribution < 1.29 is 4.79 Å². The molecule has 0 bridgehead atoms. The first-order chi connectivity index (χ1) is 6.56. The maximum atomic E-state index is 11.6. The van der Waals surface area contributed by atoms with Crippen LogP contribution in [0, 0.1) is 0 Å². The monoisotopic (exact) mass is 196 g/mol. The number of carbonyl (C=O) groups is 1. The first-order valence-electron chi connectivity index (χ1n) is 4.51. The topological polar surface area (TPSA) is 69.8 Å². The van der Waals surface area contributed by atoms with Crippen LogP contribution in [0.4, 0.5) is 0 Å². The highest BCUT2D eigenvalue weighted by molar-refractivity contribution is 5.85. The van der Waals surface area contributed by atoms with Gasteiger partial charge in [0.2, 0.25) is 5.91 Å². The van der Waals surface area contributed by atoms with Crippen LogP contribution >= 0.6 is 0 Å². The van der Waals surface area contributed by atoms with Crippen LogP contribution in [0.5, 0.6) is 0 Å². The largest absolute Gasteiger partial charge is 0.350 e. The van der Waals surface area contributed by atoms with Crippen molar-refractivity contribution in [3.05, 3.63) is 18.0 Å². The SMILES string of the molecule is CNC(C)(C)C(=O)NCc1cn[nH]c1. The van der Waals surface area contributed by atoms with E-state index in [2.05, 4.69) is 20.8 Å². The standard InChI is InChI=1S/C9H16N4O/c1-9(2,10-3)8(14)11-4-7-5-12-13-6-7/h5-6,10H,4H2,1-3H3,(H,11,14)(H,12,13). The van der Waals surface area contributed by atoms with E-state index >= 15 is 0 Å². The Hall–Kier alpha value is -1.36. The molecule has 3 N–H and O–H groups in total. The highest BCUT2D eigenvalue weighted by atomic mass is 16.2. The van der Waals surface area contributed by atoms with Gasteiger partial charge in [-0.2, -0.15) is 5.10 Å². The molecule has 5 heteroatoms. The van der Waals surface area contributed by atoms with Gasteiger partial charge in [-0.25, -0.2) is 0 Å². The minimum Gasteiger partial charge on any atom is -0.350 e. The Morgan fingerprint density at radius 3 is 2.86 bits per heavy atom. The molecule has 0 aliphatic carbocycles. The second-order valence-electron chi connectivity index (χ2n) is 3.66. The Labute approximate surface area is 83.3 Å². The molecular weight excluding hydrogens is 180 g/mol. The number of aromatic nitrogens is 2. The summed E-state index contributed by atoms with van der Waals surface area (Å²) in [6.07, 6.45) is 3.44. The zero-order valence-corrected chi connectivity index (χ0v) is 8.72. The molecule has 0 radical (unpaired) electrons. The average Bonchev–Trinajstić information content (AvgIpc) is 2.66. The van der Waals surface area contributed by atoms with Gasteiger partial charge in [0.15, 0.2) is 0 Å². The van der Waals surface area contributed by atoms with Crippen molar-refractivity contribution in [1.82, 2.24) is 20.8 Å². The molecule has 78 valence electrons. The van der Waals surface area contributed by atoms with E-state index in [0.29, 0.717) is 6.54 Å². The number of nitrogens with zero attached hydrogens (tertiary/aromatic N) is 1. The number of aromatic amines is 1. The lowest BCUT2D eigenvalue weighted by Gasteiger charge is -2.22. The molecule has 0 spiro atoms. The molecule has 0 aliphatic heterocycles. The fourth-order valence-corrected chi connectivity index (χ4v) is 0.891. The molecule has 1 aromatic heterocycles. The van der Waals surface area contributed by atoms with Crippen molar-refractivity contribution in [2.24, 2.45) is 0 Å². The summed E-state index contributed by atoms with van der Waals surface area (Å²) < 4.78 is 0. The van der Waals surface area contributed by atoms with Gasteiger partial charge in [-0.1, -0.05) is 0 Å². The van der Waals surface area contributed by atoms with E-state index in [1.54, 1.807) is 19.4 Å². The normalized spacial score (nSPS) is 11.4. The van der Waals surface area contributed by atoms with Crippen LogP contribution in [0.3, 0.4) is 0 Å². The zero-order valence-electron chi connectivity index (χ0n) is 8.72. The number of hydrogen-bond donors (Lipinski definition) is 3. The maximum absolute atomic E-state index is 11.6. The summed E-state index contributed by atoms with van der Waals surface area (Å²) in [5.74, 6) is -0.0267. The number of nitrogens with one attached hydrogen (secondary N) is 3. The van der Waals surface area contributed by atoms with Gasteiger partial charge >= 0.3 is 0 Å². The van der Waals surface area contributed by atoms with Crippen LogP contribution in [-0.4, -0.2) is 28.7 Å². The number of amides is 1. The molecule has 1 aromatic rings. The maximum Gasteiger partial charge on any atom is 0.239 e. The Bertz CT molecular complexity index is 292. The number of carbonyl (C=O) groups excluding carboxylic acids is 1. The second-order valence-corrected chi connectivity index (χ2v) is 3.66. The van der Waals surface area contributed by atoms with Gasteiger partial charge in [0, 0.05) is 18.3 Å². The first kappa shape index (κ1) is 10.7. The molecule has 0 fully saturated rings. The third-order valence-corrected chi connectivity index (χ3v) is 2.20. The third-order valence-electron chi connectivity index (χ3n) is 2.20. The lowest BCUT2D eigenvalue weighted by molar-refractivity contribution is -0.126. The quantitative estimate of drug-likeness (QED) is 0.636. The van der Waals surface area contributed by atoms with Crippen molar-refractivity contribution >= 4 is 5.91 Å². The van der Waals surface area contributed by atoms with E-state index in [1.807, 2.05) is 13.8 Å². The van der Waals surface area contributed by atoms with Gasteiger partial charge in [0.1, 0.15) is 0 Å². The fraction of sp³-hybridized carbons (Fsp3) is 0.556. The summed E-state index contributed by atoms with van der Waals surface area (Å²) >= 11 is 0. The summed E-state index contributed by atoms with van der Waals surface area (Å²) in [5, 5.41) is 12.2. The molecule has 0 aliphatic rings. The Morgan fingerprint density at radius 1 is 1.64 bits per heavy atom. The minimum absolute atomic E-state index is 0.0267. The molecule has 5 nitrogen and oxygen atoms in total. The molecule has 0 unspecified atom stereocenters. The van der Waals surface area contributed by atoms with Crippen molar-refractivity contribution in [3.63, 3.8) is 0 Å². The van der Waals surface area contributed by atoms with Gasteiger partial charge in [-0.15, -0.1) is 0 Å². The zero-order chi connectivity index (χ0) is 10.6. The number of hydrogen-bond acceptors (Lipinski definition) is 3. The van der Waals surface area contributed by atoms with Crippen LogP contribution < -0.4 is 10.6 Å². The average molecular weight is 196 g/mol. The predicted octanol–water partition coefficient (Wildman–Crippen LogP) is 0.0239. The number of rotatable bonds is 4. The molecule has 0 saturated carbocycles. The smallest absolute Gasteiger partial charge is 0.239 e. The van der Waals surface area contributed by atoms with E-state index in [9.17, 15) is 4.79 Å². The predicted molar refractivity (Wildman–Crippen MR) is 53.6 cm³/mol. The van der Waals surface area contributed by atoms with Gasteiger partial charge < -0.3 is 10.6 Å². The lowest BCUT2D eigenvalue weighted by atomic mass is 10.1. The van der Waals surface area contributed by atoms with Crippen LogP contribution in [0.2, 0.25) is 0 Å². The van der Waals surface area contributed by atoms with Crippen LogP contribution in [0.15, 0.2) is 12.4 Å². The summed E-state index contributed by atoms with van der Waals surface area (Å²) in [4.78, 5) is 11.6. The molecule has 14 heavy (non-hydrogen) atoms. The van der Waals surface area contributed by atoms with Gasteiger partial charge in [-0.3, -0.25) is 9.89 Å².